The molecule has 1 fully saturated rings. The van der Waals surface area contributed by atoms with Crippen LogP contribution in [-0.2, 0) is 4.79 Å². The third kappa shape index (κ3) is 3.30. The number of fused-ring (bicyclic) bond motifs is 1. The fourth-order valence-electron chi connectivity index (χ4n) is 3.40. The van der Waals surface area contributed by atoms with E-state index < -0.39 is 0 Å². The first-order valence-corrected chi connectivity index (χ1v) is 9.45. The van der Waals surface area contributed by atoms with Gasteiger partial charge in [-0.1, -0.05) is 30.3 Å². The van der Waals surface area contributed by atoms with Crippen molar-refractivity contribution in [2.45, 2.75) is 18.9 Å². The lowest BCUT2D eigenvalue weighted by Crippen LogP contribution is -2.38. The Morgan fingerprint density at radius 3 is 2.76 bits per heavy atom. The maximum Gasteiger partial charge on any atom is 0.240 e. The van der Waals surface area contributed by atoms with Gasteiger partial charge in [-0.05, 0) is 43.7 Å². The monoisotopic (exact) mass is 351 g/mol. The zero-order valence-electron chi connectivity index (χ0n) is 14.3. The Morgan fingerprint density at radius 1 is 1.20 bits per heavy atom. The number of anilines is 1. The van der Waals surface area contributed by atoms with Gasteiger partial charge in [-0.15, -0.1) is 11.3 Å². The van der Waals surface area contributed by atoms with Gasteiger partial charge in [-0.3, -0.25) is 9.69 Å². The van der Waals surface area contributed by atoms with Crippen LogP contribution >= 0.6 is 11.3 Å². The van der Waals surface area contributed by atoms with Gasteiger partial charge in [-0.25, -0.2) is 4.98 Å². The fraction of sp³-hybridized carbons (Fsp3) is 0.300. The molecule has 4 rings (SSSR count). The molecule has 1 aliphatic rings. The van der Waals surface area contributed by atoms with Gasteiger partial charge in [0.1, 0.15) is 5.01 Å². The van der Waals surface area contributed by atoms with Gasteiger partial charge >= 0.3 is 0 Å². The summed E-state index contributed by atoms with van der Waals surface area (Å²) in [6.45, 7) is 1.39. The summed E-state index contributed by atoms with van der Waals surface area (Å²) in [5.41, 5.74) is 1.99. The van der Waals surface area contributed by atoms with Crippen LogP contribution in [0.4, 0.5) is 5.69 Å². The summed E-state index contributed by atoms with van der Waals surface area (Å²) < 4.78 is 1.22. The Hall–Kier alpha value is -2.24. The van der Waals surface area contributed by atoms with Gasteiger partial charge in [0, 0.05) is 12.7 Å². The van der Waals surface area contributed by atoms with E-state index in [1.54, 1.807) is 16.2 Å². The Bertz CT molecular complexity index is 844. The van der Waals surface area contributed by atoms with Crippen LogP contribution < -0.4 is 4.90 Å². The van der Waals surface area contributed by atoms with E-state index in [9.17, 15) is 4.79 Å². The minimum Gasteiger partial charge on any atom is -0.314 e. The lowest BCUT2D eigenvalue weighted by atomic mass is 10.2. The normalized spacial score (nSPS) is 17.9. The standard InChI is InChI=1S/C20H21N3OS/c1-22(15-8-3-2-4-9-15)19(24)14-23-13-7-11-17(23)20-21-16-10-5-6-12-18(16)25-20/h2-6,8-10,12,17H,7,11,13-14H2,1H3/t17-/m0/s1. The molecule has 0 bridgehead atoms. The van der Waals surface area contributed by atoms with Crippen LogP contribution in [0.25, 0.3) is 10.2 Å². The number of rotatable bonds is 4. The van der Waals surface area contributed by atoms with E-state index in [0.717, 1.165) is 35.6 Å². The van der Waals surface area contributed by atoms with Crippen molar-refractivity contribution in [2.24, 2.45) is 0 Å². The van der Waals surface area contributed by atoms with Gasteiger partial charge in [0.25, 0.3) is 0 Å². The number of hydrogen-bond acceptors (Lipinski definition) is 4. The third-order valence-corrected chi connectivity index (χ3v) is 5.95. The van der Waals surface area contributed by atoms with Crippen molar-refractivity contribution in [3.63, 3.8) is 0 Å². The zero-order chi connectivity index (χ0) is 17.2. The average Bonchev–Trinajstić information content (AvgIpc) is 3.27. The SMILES string of the molecule is CN(C(=O)CN1CCC[C@H]1c1nc2ccccc2s1)c1ccccc1. The van der Waals surface area contributed by atoms with Crippen LogP contribution in [0.3, 0.4) is 0 Å². The molecule has 2 aromatic carbocycles. The minimum absolute atomic E-state index is 0.124. The lowest BCUT2D eigenvalue weighted by Gasteiger charge is -2.25. The number of likely N-dealkylation sites (N-methyl/N-ethyl adjacent to an activating group) is 1. The van der Waals surface area contributed by atoms with E-state index in [1.807, 2.05) is 43.4 Å². The number of para-hydroxylation sites is 2. The molecular weight excluding hydrogens is 330 g/mol. The van der Waals surface area contributed by atoms with Crippen LogP contribution in [0.5, 0.6) is 0 Å². The molecule has 1 aromatic heterocycles. The van der Waals surface area contributed by atoms with Crippen LogP contribution in [-0.4, -0.2) is 35.9 Å². The number of hydrogen-bond donors (Lipinski definition) is 0. The molecule has 2 heterocycles. The predicted octanol–water partition coefficient (Wildman–Crippen LogP) is 4.10. The molecule has 1 aliphatic heterocycles. The summed E-state index contributed by atoms with van der Waals surface area (Å²) in [6.07, 6.45) is 2.19. The molecule has 128 valence electrons. The molecule has 1 amide bonds. The molecular formula is C20H21N3OS. The second kappa shape index (κ2) is 6.94. The molecule has 25 heavy (non-hydrogen) atoms. The molecule has 0 unspecified atom stereocenters. The number of thiazole rings is 1. The second-order valence-electron chi connectivity index (χ2n) is 6.44. The predicted molar refractivity (Wildman–Crippen MR) is 103 cm³/mol. The number of aromatic nitrogens is 1. The number of carbonyl (C=O) groups is 1. The topological polar surface area (TPSA) is 36.4 Å². The number of benzene rings is 2. The van der Waals surface area contributed by atoms with Crippen LogP contribution in [0, 0.1) is 0 Å². The van der Waals surface area contributed by atoms with Crippen LogP contribution in [0.1, 0.15) is 23.9 Å². The van der Waals surface area contributed by atoms with E-state index in [1.165, 1.54) is 4.70 Å². The van der Waals surface area contributed by atoms with E-state index in [2.05, 4.69) is 23.1 Å². The van der Waals surface area contributed by atoms with Crippen molar-refractivity contribution >= 4 is 33.1 Å². The van der Waals surface area contributed by atoms with Crippen molar-refractivity contribution in [3.8, 4) is 0 Å². The molecule has 0 N–H and O–H groups in total. The summed E-state index contributed by atoms with van der Waals surface area (Å²) in [5.74, 6) is 0.124. The molecule has 0 saturated carbocycles. The molecule has 0 radical (unpaired) electrons. The summed E-state index contributed by atoms with van der Waals surface area (Å²) in [6, 6.07) is 18.3. The number of nitrogens with zero attached hydrogens (tertiary/aromatic N) is 3. The number of likely N-dealkylation sites (tertiary alicyclic amines) is 1. The Kier molecular flexibility index (Phi) is 4.51. The molecule has 0 aliphatic carbocycles. The summed E-state index contributed by atoms with van der Waals surface area (Å²) >= 11 is 1.75. The Morgan fingerprint density at radius 2 is 1.96 bits per heavy atom. The maximum atomic E-state index is 12.7. The minimum atomic E-state index is 0.124. The number of amides is 1. The van der Waals surface area contributed by atoms with Gasteiger partial charge in [0.05, 0.1) is 22.8 Å². The van der Waals surface area contributed by atoms with E-state index in [0.29, 0.717) is 6.54 Å². The zero-order valence-corrected chi connectivity index (χ0v) is 15.1. The van der Waals surface area contributed by atoms with Crippen molar-refractivity contribution in [1.29, 1.82) is 0 Å². The van der Waals surface area contributed by atoms with Crippen LogP contribution in [0.15, 0.2) is 54.6 Å². The van der Waals surface area contributed by atoms with E-state index >= 15 is 0 Å². The van der Waals surface area contributed by atoms with Crippen molar-refractivity contribution < 1.29 is 4.79 Å². The molecule has 1 atom stereocenters. The average molecular weight is 351 g/mol. The van der Waals surface area contributed by atoms with E-state index in [4.69, 9.17) is 4.98 Å². The Balaban J connectivity index is 1.50. The summed E-state index contributed by atoms with van der Waals surface area (Å²) in [7, 11) is 1.85. The van der Waals surface area contributed by atoms with Gasteiger partial charge in [0.15, 0.2) is 0 Å². The summed E-state index contributed by atoms with van der Waals surface area (Å²) in [4.78, 5) is 21.5. The van der Waals surface area contributed by atoms with Gasteiger partial charge < -0.3 is 4.90 Å². The highest BCUT2D eigenvalue weighted by Gasteiger charge is 2.30. The smallest absolute Gasteiger partial charge is 0.240 e. The van der Waals surface area contributed by atoms with Gasteiger partial charge in [-0.2, -0.15) is 0 Å². The molecule has 1 saturated heterocycles. The third-order valence-electron chi connectivity index (χ3n) is 4.82. The van der Waals surface area contributed by atoms with Crippen molar-refractivity contribution in [3.05, 3.63) is 59.6 Å². The first-order chi connectivity index (χ1) is 12.2. The highest BCUT2D eigenvalue weighted by Crippen LogP contribution is 2.36. The molecule has 0 spiro atoms. The first-order valence-electron chi connectivity index (χ1n) is 8.63. The number of carbonyl (C=O) groups excluding carboxylic acids is 1. The van der Waals surface area contributed by atoms with Crippen molar-refractivity contribution in [1.82, 2.24) is 9.88 Å². The largest absolute Gasteiger partial charge is 0.314 e. The van der Waals surface area contributed by atoms with Crippen molar-refractivity contribution in [2.75, 3.05) is 25.0 Å². The molecule has 4 nitrogen and oxygen atoms in total. The maximum absolute atomic E-state index is 12.7. The van der Waals surface area contributed by atoms with Gasteiger partial charge in [0.2, 0.25) is 5.91 Å². The lowest BCUT2D eigenvalue weighted by molar-refractivity contribution is -0.119. The first kappa shape index (κ1) is 16.2. The Labute approximate surface area is 151 Å². The van der Waals surface area contributed by atoms with E-state index in [-0.39, 0.29) is 11.9 Å². The summed E-state index contributed by atoms with van der Waals surface area (Å²) in [5, 5.41) is 1.13. The fourth-order valence-corrected chi connectivity index (χ4v) is 4.54. The van der Waals surface area contributed by atoms with Crippen LogP contribution in [0.2, 0.25) is 0 Å². The quantitative estimate of drug-likeness (QED) is 0.710. The highest BCUT2D eigenvalue weighted by molar-refractivity contribution is 7.18. The molecule has 5 heteroatoms. The highest BCUT2D eigenvalue weighted by atomic mass is 32.1. The second-order valence-corrected chi connectivity index (χ2v) is 7.50. The molecule has 3 aromatic rings.